The predicted molar refractivity (Wildman–Crippen MR) is 124 cm³/mol. The van der Waals surface area contributed by atoms with E-state index in [2.05, 4.69) is 9.80 Å². The third kappa shape index (κ3) is 6.40. The smallest absolute Gasteiger partial charge is 0.136 e. The molecule has 0 atom stereocenters. The van der Waals surface area contributed by atoms with E-state index in [1.54, 1.807) is 47.8 Å². The number of rotatable bonds is 4. The molecule has 0 aliphatic carbocycles. The van der Waals surface area contributed by atoms with Gasteiger partial charge in [-0.1, -0.05) is 72.2 Å². The van der Waals surface area contributed by atoms with E-state index < -0.39 is 0 Å². The summed E-state index contributed by atoms with van der Waals surface area (Å²) < 4.78 is 27.7. The Morgan fingerprint density at radius 1 is 0.679 bits per heavy atom. The highest BCUT2D eigenvalue weighted by molar-refractivity contribution is 8.22. The first-order valence-electron chi connectivity index (χ1n) is 8.83. The zero-order valence-electron chi connectivity index (χ0n) is 15.1. The summed E-state index contributed by atoms with van der Waals surface area (Å²) in [5.41, 5.74) is 2.12. The standard InChI is InChI=1S/C20H20F2N2S4/c21-17-5-1-15(2-6-17)13-27-19(25)23-9-11-24(12-10-23)20(26)28-14-16-3-7-18(22)8-4-16/h1-8H,9-14H2. The SMILES string of the molecule is Fc1ccc(CSC(=S)N2CCN(C(=S)SCc3ccc(F)cc3)CC2)cc1. The van der Waals surface area contributed by atoms with Crippen LogP contribution in [0.4, 0.5) is 8.78 Å². The lowest BCUT2D eigenvalue weighted by Gasteiger charge is -2.37. The van der Waals surface area contributed by atoms with Crippen LogP contribution in [-0.2, 0) is 11.5 Å². The fraction of sp³-hybridized carbons (Fsp3) is 0.300. The van der Waals surface area contributed by atoms with Crippen LogP contribution in [0.5, 0.6) is 0 Å². The fourth-order valence-corrected chi connectivity index (χ4v) is 5.12. The molecule has 3 rings (SSSR count). The van der Waals surface area contributed by atoms with Gasteiger partial charge in [0.05, 0.1) is 0 Å². The van der Waals surface area contributed by atoms with Crippen LogP contribution in [0.25, 0.3) is 0 Å². The highest BCUT2D eigenvalue weighted by Crippen LogP contribution is 2.21. The third-order valence-electron chi connectivity index (χ3n) is 4.35. The quantitative estimate of drug-likeness (QED) is 0.573. The molecule has 2 aromatic carbocycles. The van der Waals surface area contributed by atoms with Crippen LogP contribution in [0.2, 0.25) is 0 Å². The van der Waals surface area contributed by atoms with Gasteiger partial charge in [-0.15, -0.1) is 0 Å². The van der Waals surface area contributed by atoms with Crippen molar-refractivity contribution in [1.29, 1.82) is 0 Å². The normalized spacial score (nSPS) is 14.2. The van der Waals surface area contributed by atoms with Crippen molar-refractivity contribution in [3.63, 3.8) is 0 Å². The Morgan fingerprint density at radius 2 is 1.00 bits per heavy atom. The largest absolute Gasteiger partial charge is 0.354 e. The van der Waals surface area contributed by atoms with Crippen LogP contribution in [0.1, 0.15) is 11.1 Å². The maximum absolute atomic E-state index is 13.0. The van der Waals surface area contributed by atoms with Crippen molar-refractivity contribution in [1.82, 2.24) is 9.80 Å². The number of nitrogens with zero attached hydrogens (tertiary/aromatic N) is 2. The molecule has 1 fully saturated rings. The molecule has 1 saturated heterocycles. The molecule has 0 bridgehead atoms. The predicted octanol–water partition coefficient (Wildman–Crippen LogP) is 5.32. The Labute approximate surface area is 183 Å². The molecule has 0 saturated carbocycles. The minimum atomic E-state index is -0.222. The Morgan fingerprint density at radius 3 is 1.32 bits per heavy atom. The van der Waals surface area contributed by atoms with Gasteiger partial charge in [-0.25, -0.2) is 8.78 Å². The summed E-state index contributed by atoms with van der Waals surface area (Å²) in [6.45, 7) is 3.36. The van der Waals surface area contributed by atoms with E-state index in [1.165, 1.54) is 24.3 Å². The summed E-state index contributed by atoms with van der Waals surface area (Å²) in [7, 11) is 0. The minimum absolute atomic E-state index is 0.222. The van der Waals surface area contributed by atoms with E-state index in [4.69, 9.17) is 24.4 Å². The summed E-state index contributed by atoms with van der Waals surface area (Å²) in [6, 6.07) is 13.1. The molecule has 0 unspecified atom stereocenters. The fourth-order valence-electron chi connectivity index (χ4n) is 2.71. The van der Waals surface area contributed by atoms with E-state index in [0.29, 0.717) is 0 Å². The van der Waals surface area contributed by atoms with E-state index in [9.17, 15) is 8.78 Å². The molecule has 2 nitrogen and oxygen atoms in total. The van der Waals surface area contributed by atoms with Gasteiger partial charge >= 0.3 is 0 Å². The molecule has 148 valence electrons. The van der Waals surface area contributed by atoms with Crippen LogP contribution < -0.4 is 0 Å². The number of thiocarbonyl (C=S) groups is 2. The van der Waals surface area contributed by atoms with E-state index in [-0.39, 0.29) is 11.6 Å². The van der Waals surface area contributed by atoms with Gasteiger partial charge in [0.15, 0.2) is 0 Å². The van der Waals surface area contributed by atoms with Crippen molar-refractivity contribution < 1.29 is 8.78 Å². The second-order valence-electron chi connectivity index (χ2n) is 6.34. The van der Waals surface area contributed by atoms with E-state index in [0.717, 1.165) is 57.5 Å². The van der Waals surface area contributed by atoms with Crippen LogP contribution in [0, 0.1) is 11.6 Å². The monoisotopic (exact) mass is 454 g/mol. The van der Waals surface area contributed by atoms with Gasteiger partial charge in [-0.2, -0.15) is 0 Å². The molecule has 0 amide bonds. The first-order chi connectivity index (χ1) is 13.5. The molecule has 1 heterocycles. The first kappa shape index (κ1) is 21.5. The number of hydrogen-bond donors (Lipinski definition) is 0. The van der Waals surface area contributed by atoms with E-state index >= 15 is 0 Å². The Kier molecular flexibility index (Phi) is 8.08. The number of piperazine rings is 1. The summed E-state index contributed by atoms with van der Waals surface area (Å²) in [6.07, 6.45) is 0. The molecule has 0 aromatic heterocycles. The molecule has 0 spiro atoms. The van der Waals surface area contributed by atoms with Gasteiger partial charge in [-0.3, -0.25) is 0 Å². The Balaban J connectivity index is 1.39. The highest BCUT2D eigenvalue weighted by atomic mass is 32.2. The molecule has 0 N–H and O–H groups in total. The zero-order valence-corrected chi connectivity index (χ0v) is 18.4. The third-order valence-corrected chi connectivity index (χ3v) is 7.54. The van der Waals surface area contributed by atoms with Crippen LogP contribution in [0.15, 0.2) is 48.5 Å². The molecular weight excluding hydrogens is 434 g/mol. The minimum Gasteiger partial charge on any atom is -0.354 e. The molecule has 28 heavy (non-hydrogen) atoms. The number of benzene rings is 2. The average Bonchev–Trinajstić information content (AvgIpc) is 2.72. The summed E-state index contributed by atoms with van der Waals surface area (Å²) in [5.74, 6) is 1.04. The van der Waals surface area contributed by atoms with Crippen molar-refractivity contribution in [2.75, 3.05) is 26.2 Å². The lowest BCUT2D eigenvalue weighted by atomic mass is 10.2. The number of hydrogen-bond acceptors (Lipinski definition) is 4. The summed E-state index contributed by atoms with van der Waals surface area (Å²) in [5, 5.41) is 0. The number of halogens is 2. The zero-order chi connectivity index (χ0) is 19.9. The van der Waals surface area contributed by atoms with Crippen molar-refractivity contribution in [2.45, 2.75) is 11.5 Å². The van der Waals surface area contributed by atoms with Gasteiger partial charge in [0.1, 0.15) is 20.3 Å². The molecule has 0 radical (unpaired) electrons. The molecular formula is C20H20F2N2S4. The number of thioether (sulfide) groups is 2. The lowest BCUT2D eigenvalue weighted by molar-refractivity contribution is 0.271. The van der Waals surface area contributed by atoms with Gasteiger partial charge in [0.2, 0.25) is 0 Å². The molecule has 2 aromatic rings. The second kappa shape index (κ2) is 10.5. The highest BCUT2D eigenvalue weighted by Gasteiger charge is 2.21. The molecule has 1 aliphatic rings. The maximum atomic E-state index is 13.0. The Hall–Kier alpha value is -1.22. The van der Waals surface area contributed by atoms with Crippen molar-refractivity contribution in [3.8, 4) is 0 Å². The van der Waals surface area contributed by atoms with Crippen LogP contribution >= 0.6 is 48.0 Å². The van der Waals surface area contributed by atoms with Crippen molar-refractivity contribution in [3.05, 3.63) is 71.3 Å². The molecule has 1 aliphatic heterocycles. The Bertz CT molecular complexity index is 734. The summed E-state index contributed by atoms with van der Waals surface area (Å²) >= 11 is 14.3. The average molecular weight is 455 g/mol. The molecule has 8 heteroatoms. The van der Waals surface area contributed by atoms with Gasteiger partial charge in [0.25, 0.3) is 0 Å². The topological polar surface area (TPSA) is 6.48 Å². The van der Waals surface area contributed by atoms with Crippen LogP contribution in [0.3, 0.4) is 0 Å². The first-order valence-corrected chi connectivity index (χ1v) is 11.6. The second-order valence-corrected chi connectivity index (χ2v) is 9.55. The van der Waals surface area contributed by atoms with Crippen LogP contribution in [-0.4, -0.2) is 44.6 Å². The maximum Gasteiger partial charge on any atom is 0.136 e. The van der Waals surface area contributed by atoms with Gasteiger partial charge in [-0.05, 0) is 35.4 Å². The van der Waals surface area contributed by atoms with Crippen molar-refractivity contribution in [2.24, 2.45) is 0 Å². The van der Waals surface area contributed by atoms with Crippen molar-refractivity contribution >= 4 is 56.6 Å². The lowest BCUT2D eigenvalue weighted by Crippen LogP contribution is -2.48. The summed E-state index contributed by atoms with van der Waals surface area (Å²) in [4.78, 5) is 4.40. The van der Waals surface area contributed by atoms with E-state index in [1.807, 2.05) is 0 Å². The van der Waals surface area contributed by atoms with Gasteiger partial charge < -0.3 is 9.80 Å². The van der Waals surface area contributed by atoms with Gasteiger partial charge in [0, 0.05) is 37.7 Å².